The first-order valence-electron chi connectivity index (χ1n) is 6.14. The highest BCUT2D eigenvalue weighted by molar-refractivity contribution is 6.55. The van der Waals surface area contributed by atoms with Gasteiger partial charge in [0.25, 0.3) is 11.7 Å². The van der Waals surface area contributed by atoms with Crippen molar-refractivity contribution in [2.75, 3.05) is 4.90 Å². The lowest BCUT2D eigenvalue weighted by molar-refractivity contribution is -0.114. The van der Waals surface area contributed by atoms with Crippen molar-refractivity contribution < 1.29 is 9.59 Å². The zero-order valence-corrected chi connectivity index (χ0v) is 11.5. The topological polar surface area (TPSA) is 50.3 Å². The van der Waals surface area contributed by atoms with Crippen LogP contribution in [0.1, 0.15) is 21.5 Å². The first kappa shape index (κ1) is 12.8. The normalized spacial score (nSPS) is 13.8. The molecular weight excluding hydrogens is 276 g/mol. The summed E-state index contributed by atoms with van der Waals surface area (Å²) in [5, 5.41) is 0.321. The van der Waals surface area contributed by atoms with Crippen molar-refractivity contribution in [1.82, 2.24) is 4.98 Å². The summed E-state index contributed by atoms with van der Waals surface area (Å²) in [6.45, 7) is 2.20. The average molecular weight is 287 g/mol. The van der Waals surface area contributed by atoms with Crippen molar-refractivity contribution in [3.8, 4) is 0 Å². The van der Waals surface area contributed by atoms with Gasteiger partial charge in [-0.05, 0) is 36.2 Å². The summed E-state index contributed by atoms with van der Waals surface area (Å²) >= 11 is 6.06. The number of fused-ring (bicyclic) bond motifs is 1. The van der Waals surface area contributed by atoms with E-state index in [0.29, 0.717) is 22.8 Å². The molecule has 100 valence electrons. The average Bonchev–Trinajstić information content (AvgIpc) is 2.70. The molecule has 0 saturated heterocycles. The van der Waals surface area contributed by atoms with Crippen LogP contribution in [0, 0.1) is 6.92 Å². The van der Waals surface area contributed by atoms with Crippen LogP contribution in [0.25, 0.3) is 0 Å². The number of carbonyl (C=O) groups excluding carboxylic acids is 2. The van der Waals surface area contributed by atoms with E-state index in [1.165, 1.54) is 4.90 Å². The molecule has 0 atom stereocenters. The molecule has 2 aromatic rings. The number of aromatic nitrogens is 1. The molecule has 1 aliphatic heterocycles. The predicted octanol–water partition coefficient (Wildman–Crippen LogP) is 2.77. The van der Waals surface area contributed by atoms with Gasteiger partial charge in [0.2, 0.25) is 0 Å². The van der Waals surface area contributed by atoms with Gasteiger partial charge in [0.05, 0.1) is 22.8 Å². The molecule has 20 heavy (non-hydrogen) atoms. The third-order valence-electron chi connectivity index (χ3n) is 3.36. The van der Waals surface area contributed by atoms with Crippen LogP contribution in [0.2, 0.25) is 5.02 Å². The predicted molar refractivity (Wildman–Crippen MR) is 75.9 cm³/mol. The molecule has 1 aromatic heterocycles. The molecule has 0 spiro atoms. The Hall–Kier alpha value is -2.20. The Labute approximate surface area is 121 Å². The van der Waals surface area contributed by atoms with Gasteiger partial charge in [-0.3, -0.25) is 14.6 Å². The van der Waals surface area contributed by atoms with Crippen molar-refractivity contribution in [1.29, 1.82) is 0 Å². The molecule has 3 rings (SSSR count). The second-order valence-corrected chi connectivity index (χ2v) is 5.07. The van der Waals surface area contributed by atoms with Gasteiger partial charge >= 0.3 is 0 Å². The molecule has 0 N–H and O–H groups in total. The minimum Gasteiger partial charge on any atom is -0.300 e. The van der Waals surface area contributed by atoms with E-state index in [1.54, 1.807) is 18.5 Å². The lowest BCUT2D eigenvalue weighted by atomic mass is 10.1. The lowest BCUT2D eigenvalue weighted by Gasteiger charge is -2.18. The van der Waals surface area contributed by atoms with Crippen LogP contribution in [0.4, 0.5) is 5.69 Å². The lowest BCUT2D eigenvalue weighted by Crippen LogP contribution is -2.29. The number of carbonyl (C=O) groups is 2. The second kappa shape index (κ2) is 4.72. The van der Waals surface area contributed by atoms with Gasteiger partial charge < -0.3 is 4.90 Å². The van der Waals surface area contributed by atoms with Gasteiger partial charge in [-0.2, -0.15) is 0 Å². The summed E-state index contributed by atoms with van der Waals surface area (Å²) in [4.78, 5) is 29.7. The van der Waals surface area contributed by atoms with Crippen molar-refractivity contribution >= 4 is 29.0 Å². The van der Waals surface area contributed by atoms with E-state index in [1.807, 2.05) is 25.1 Å². The fourth-order valence-electron chi connectivity index (χ4n) is 2.39. The van der Waals surface area contributed by atoms with Crippen LogP contribution in [0.3, 0.4) is 0 Å². The standard InChI is InChI=1S/C15H11ClN2O2/c1-9-2-3-11(16)12-13(9)18(15(20)14(12)19)8-10-4-6-17-7-5-10/h2-7H,8H2,1H3. The number of hydrogen-bond donors (Lipinski definition) is 0. The van der Waals surface area contributed by atoms with E-state index in [0.717, 1.165) is 11.1 Å². The first-order valence-corrected chi connectivity index (χ1v) is 6.51. The quantitative estimate of drug-likeness (QED) is 0.798. The molecule has 2 heterocycles. The minimum atomic E-state index is -0.539. The molecule has 0 saturated carbocycles. The molecule has 1 aromatic carbocycles. The van der Waals surface area contributed by atoms with Crippen LogP contribution in [0.5, 0.6) is 0 Å². The zero-order chi connectivity index (χ0) is 14.3. The molecular formula is C15H11ClN2O2. The maximum absolute atomic E-state index is 12.2. The van der Waals surface area contributed by atoms with Gasteiger partial charge in [0, 0.05) is 12.4 Å². The van der Waals surface area contributed by atoms with E-state index in [2.05, 4.69) is 4.98 Å². The molecule has 5 heteroatoms. The Kier molecular flexibility index (Phi) is 3.03. The van der Waals surface area contributed by atoms with Crippen molar-refractivity contribution in [3.05, 3.63) is 58.4 Å². The highest BCUT2D eigenvalue weighted by atomic mass is 35.5. The fourth-order valence-corrected chi connectivity index (χ4v) is 2.63. The maximum Gasteiger partial charge on any atom is 0.299 e. The van der Waals surface area contributed by atoms with E-state index in [9.17, 15) is 9.59 Å². The van der Waals surface area contributed by atoms with Crippen LogP contribution in [0.15, 0.2) is 36.7 Å². The SMILES string of the molecule is Cc1ccc(Cl)c2c1N(Cc1ccncc1)C(=O)C2=O. The molecule has 0 unspecified atom stereocenters. The number of hydrogen-bond acceptors (Lipinski definition) is 3. The number of nitrogens with zero attached hydrogens (tertiary/aromatic N) is 2. The number of amides is 1. The summed E-state index contributed by atoms with van der Waals surface area (Å²) < 4.78 is 0. The van der Waals surface area contributed by atoms with Crippen LogP contribution in [-0.4, -0.2) is 16.7 Å². The minimum absolute atomic E-state index is 0.311. The second-order valence-electron chi connectivity index (χ2n) is 4.66. The molecule has 0 fully saturated rings. The van der Waals surface area contributed by atoms with E-state index < -0.39 is 11.7 Å². The molecule has 4 nitrogen and oxygen atoms in total. The van der Waals surface area contributed by atoms with Crippen LogP contribution >= 0.6 is 11.6 Å². The van der Waals surface area contributed by atoms with Gasteiger partial charge in [0.15, 0.2) is 0 Å². The van der Waals surface area contributed by atoms with Gasteiger partial charge in [-0.15, -0.1) is 0 Å². The monoisotopic (exact) mass is 286 g/mol. The molecule has 1 aliphatic rings. The number of aryl methyl sites for hydroxylation is 1. The Morgan fingerprint density at radius 1 is 1.15 bits per heavy atom. The van der Waals surface area contributed by atoms with Gasteiger partial charge in [0.1, 0.15) is 0 Å². The van der Waals surface area contributed by atoms with E-state index in [4.69, 9.17) is 11.6 Å². The van der Waals surface area contributed by atoms with Crippen molar-refractivity contribution in [2.24, 2.45) is 0 Å². The highest BCUT2D eigenvalue weighted by Gasteiger charge is 2.38. The summed E-state index contributed by atoms with van der Waals surface area (Å²) in [5.74, 6) is -1.07. The zero-order valence-electron chi connectivity index (χ0n) is 10.8. The Balaban J connectivity index is 2.09. The number of ketones is 1. The van der Waals surface area contributed by atoms with E-state index in [-0.39, 0.29) is 0 Å². The summed E-state index contributed by atoms with van der Waals surface area (Å²) in [5.41, 5.74) is 2.70. The Morgan fingerprint density at radius 2 is 1.85 bits per heavy atom. The van der Waals surface area contributed by atoms with Crippen LogP contribution in [-0.2, 0) is 11.3 Å². The Bertz CT molecular complexity index is 713. The number of benzene rings is 1. The maximum atomic E-state index is 12.2. The largest absolute Gasteiger partial charge is 0.300 e. The first-order chi connectivity index (χ1) is 9.59. The smallest absolute Gasteiger partial charge is 0.299 e. The van der Waals surface area contributed by atoms with Crippen molar-refractivity contribution in [2.45, 2.75) is 13.5 Å². The van der Waals surface area contributed by atoms with E-state index >= 15 is 0 Å². The third-order valence-corrected chi connectivity index (χ3v) is 3.67. The Morgan fingerprint density at radius 3 is 2.55 bits per heavy atom. The highest BCUT2D eigenvalue weighted by Crippen LogP contribution is 2.37. The molecule has 0 aliphatic carbocycles. The van der Waals surface area contributed by atoms with Crippen molar-refractivity contribution in [3.63, 3.8) is 0 Å². The number of anilines is 1. The summed E-state index contributed by atoms with van der Waals surface area (Å²) in [6.07, 6.45) is 3.31. The molecule has 0 radical (unpaired) electrons. The van der Waals surface area contributed by atoms with Gasteiger partial charge in [-0.25, -0.2) is 0 Å². The number of halogens is 1. The number of pyridine rings is 1. The third kappa shape index (κ3) is 1.89. The number of Topliss-reactive ketones (excluding diaryl/α,β-unsaturated/α-hetero) is 1. The molecule has 0 bridgehead atoms. The molecule has 1 amide bonds. The number of rotatable bonds is 2. The summed E-state index contributed by atoms with van der Waals surface area (Å²) in [6, 6.07) is 7.09. The summed E-state index contributed by atoms with van der Waals surface area (Å²) in [7, 11) is 0. The van der Waals surface area contributed by atoms with Gasteiger partial charge in [-0.1, -0.05) is 17.7 Å². The van der Waals surface area contributed by atoms with Crippen LogP contribution < -0.4 is 4.90 Å². The fraction of sp³-hybridized carbons (Fsp3) is 0.133.